The average molecular weight is 469 g/mol. The topological polar surface area (TPSA) is 32.8 Å². The molecule has 0 radical (unpaired) electrons. The van der Waals surface area contributed by atoms with Gasteiger partial charge in [-0.1, -0.05) is 58.0 Å². The summed E-state index contributed by atoms with van der Waals surface area (Å²) in [5.41, 5.74) is 3.47. The maximum Gasteiger partial charge on any atom is 0.260 e. The van der Waals surface area contributed by atoms with Gasteiger partial charge >= 0.3 is 0 Å². The van der Waals surface area contributed by atoms with Gasteiger partial charge in [0, 0.05) is 31.7 Å². The van der Waals surface area contributed by atoms with Gasteiger partial charge in [-0.05, 0) is 67.3 Å². The number of halogens is 1. The minimum Gasteiger partial charge on any atom is -0.483 e. The molecular formula is C29H41FN2O2. The van der Waals surface area contributed by atoms with Crippen LogP contribution >= 0.6 is 0 Å². The molecule has 1 fully saturated rings. The number of rotatable bonds is 9. The highest BCUT2D eigenvalue weighted by molar-refractivity contribution is 5.78. The van der Waals surface area contributed by atoms with Crippen molar-refractivity contribution in [3.8, 4) is 5.75 Å². The number of hydrogen-bond acceptors (Lipinski definition) is 3. The lowest BCUT2D eigenvalue weighted by Gasteiger charge is -2.44. The van der Waals surface area contributed by atoms with E-state index < -0.39 is 0 Å². The summed E-state index contributed by atoms with van der Waals surface area (Å²) in [6, 6.07) is 13.4. The highest BCUT2D eigenvalue weighted by Crippen LogP contribution is 2.37. The van der Waals surface area contributed by atoms with Crippen LogP contribution in [-0.2, 0) is 11.3 Å². The Bertz CT molecular complexity index is 917. The smallest absolute Gasteiger partial charge is 0.260 e. The lowest BCUT2D eigenvalue weighted by Crippen LogP contribution is -2.58. The molecule has 4 unspecified atom stereocenters. The Morgan fingerprint density at radius 1 is 0.971 bits per heavy atom. The SMILES string of the molecule is CCC(C)c1cccc(C(C)CC)c1OCC(=O)N1CC(C)N(Cc2ccc(F)cc2)CC1C. The minimum atomic E-state index is -0.216. The standard InChI is InChI=1S/C29H41FN2O2/c1-7-20(3)26-10-9-11-27(21(4)8-2)29(26)34-19-28(33)32-17-22(5)31(16-23(32)6)18-24-12-14-25(30)15-13-24/h9-15,20-23H,7-8,16-19H2,1-6H3. The summed E-state index contributed by atoms with van der Waals surface area (Å²) in [5.74, 6) is 1.48. The lowest BCUT2D eigenvalue weighted by molar-refractivity contribution is -0.139. The molecule has 186 valence electrons. The van der Waals surface area contributed by atoms with Crippen LogP contribution in [0.5, 0.6) is 5.75 Å². The summed E-state index contributed by atoms with van der Waals surface area (Å²) in [6.45, 7) is 15.3. The fraction of sp³-hybridized carbons (Fsp3) is 0.552. The second kappa shape index (κ2) is 11.8. The number of benzene rings is 2. The Labute approximate surface area is 205 Å². The fourth-order valence-corrected chi connectivity index (χ4v) is 4.76. The van der Waals surface area contributed by atoms with Crippen LogP contribution in [0.25, 0.3) is 0 Å². The van der Waals surface area contributed by atoms with E-state index >= 15 is 0 Å². The summed E-state index contributed by atoms with van der Waals surface area (Å²) in [7, 11) is 0. The van der Waals surface area contributed by atoms with Crippen molar-refractivity contribution in [3.05, 3.63) is 65.0 Å². The van der Waals surface area contributed by atoms with E-state index in [2.05, 4.69) is 64.6 Å². The number of piperazine rings is 1. The van der Waals surface area contributed by atoms with Gasteiger partial charge in [0.15, 0.2) is 6.61 Å². The van der Waals surface area contributed by atoms with E-state index in [1.165, 1.54) is 23.3 Å². The highest BCUT2D eigenvalue weighted by atomic mass is 19.1. The van der Waals surface area contributed by atoms with Gasteiger partial charge in [-0.2, -0.15) is 0 Å². The van der Waals surface area contributed by atoms with E-state index in [1.54, 1.807) is 0 Å². The Morgan fingerprint density at radius 3 is 2.12 bits per heavy atom. The van der Waals surface area contributed by atoms with Crippen LogP contribution in [0.15, 0.2) is 42.5 Å². The van der Waals surface area contributed by atoms with E-state index in [1.807, 2.05) is 17.0 Å². The third-order valence-corrected chi connectivity index (χ3v) is 7.44. The normalized spacial score (nSPS) is 20.7. The predicted molar refractivity (Wildman–Crippen MR) is 137 cm³/mol. The van der Waals surface area contributed by atoms with Gasteiger partial charge < -0.3 is 9.64 Å². The Hall–Kier alpha value is -2.40. The zero-order valence-corrected chi connectivity index (χ0v) is 21.7. The number of hydrogen-bond donors (Lipinski definition) is 0. The van der Waals surface area contributed by atoms with Gasteiger partial charge in [-0.25, -0.2) is 4.39 Å². The third kappa shape index (κ3) is 6.18. The molecule has 0 bridgehead atoms. The van der Waals surface area contributed by atoms with E-state index in [0.29, 0.717) is 18.4 Å². The quantitative estimate of drug-likeness (QED) is 0.430. The lowest BCUT2D eigenvalue weighted by atomic mass is 9.90. The van der Waals surface area contributed by atoms with Crippen LogP contribution in [0, 0.1) is 5.82 Å². The number of carbonyl (C=O) groups is 1. The zero-order valence-electron chi connectivity index (χ0n) is 21.7. The number of amides is 1. The molecule has 34 heavy (non-hydrogen) atoms. The molecule has 1 amide bonds. The van der Waals surface area contributed by atoms with Crippen molar-refractivity contribution in [1.82, 2.24) is 9.80 Å². The zero-order chi connectivity index (χ0) is 24.8. The van der Waals surface area contributed by atoms with Crippen molar-refractivity contribution < 1.29 is 13.9 Å². The average Bonchev–Trinajstić information content (AvgIpc) is 2.84. The number of nitrogens with zero attached hydrogens (tertiary/aromatic N) is 2. The first-order chi connectivity index (χ1) is 16.2. The largest absolute Gasteiger partial charge is 0.483 e. The maximum atomic E-state index is 13.3. The van der Waals surface area contributed by atoms with Crippen molar-refractivity contribution in [2.75, 3.05) is 19.7 Å². The second-order valence-corrected chi connectivity index (χ2v) is 9.97. The Balaban J connectivity index is 1.68. The first kappa shape index (κ1) is 26.2. The Kier molecular flexibility index (Phi) is 9.12. The fourth-order valence-electron chi connectivity index (χ4n) is 4.76. The van der Waals surface area contributed by atoms with Crippen molar-refractivity contribution in [2.45, 2.75) is 84.8 Å². The minimum absolute atomic E-state index is 0.0369. The summed E-state index contributed by atoms with van der Waals surface area (Å²) >= 11 is 0. The molecule has 2 aromatic carbocycles. The van der Waals surface area contributed by atoms with Crippen LogP contribution in [0.4, 0.5) is 4.39 Å². The van der Waals surface area contributed by atoms with Gasteiger partial charge in [0.25, 0.3) is 5.91 Å². The van der Waals surface area contributed by atoms with E-state index in [4.69, 9.17) is 4.74 Å². The summed E-state index contributed by atoms with van der Waals surface area (Å²) < 4.78 is 19.6. The number of para-hydroxylation sites is 1. The van der Waals surface area contributed by atoms with Gasteiger partial charge in [0.2, 0.25) is 0 Å². The van der Waals surface area contributed by atoms with E-state index in [-0.39, 0.29) is 30.4 Å². The van der Waals surface area contributed by atoms with Crippen LogP contribution in [0.2, 0.25) is 0 Å². The summed E-state index contributed by atoms with van der Waals surface area (Å²) in [6.07, 6.45) is 2.05. The molecule has 0 N–H and O–H groups in total. The highest BCUT2D eigenvalue weighted by Gasteiger charge is 2.32. The molecule has 0 saturated carbocycles. The molecule has 0 aliphatic carbocycles. The van der Waals surface area contributed by atoms with E-state index in [0.717, 1.165) is 37.2 Å². The van der Waals surface area contributed by atoms with Gasteiger partial charge in [-0.15, -0.1) is 0 Å². The van der Waals surface area contributed by atoms with Gasteiger partial charge in [0.1, 0.15) is 11.6 Å². The van der Waals surface area contributed by atoms with E-state index in [9.17, 15) is 9.18 Å². The second-order valence-electron chi connectivity index (χ2n) is 9.97. The van der Waals surface area contributed by atoms with Crippen LogP contribution in [0.1, 0.15) is 82.9 Å². The molecule has 1 heterocycles. The van der Waals surface area contributed by atoms with Crippen LogP contribution in [-0.4, -0.2) is 47.5 Å². The maximum absolute atomic E-state index is 13.3. The molecule has 0 spiro atoms. The predicted octanol–water partition coefficient (Wildman–Crippen LogP) is 6.35. The first-order valence-corrected chi connectivity index (χ1v) is 12.8. The number of carbonyl (C=O) groups excluding carboxylic acids is 1. The van der Waals surface area contributed by atoms with Crippen LogP contribution < -0.4 is 4.74 Å². The van der Waals surface area contributed by atoms with Crippen molar-refractivity contribution >= 4 is 5.91 Å². The molecule has 5 heteroatoms. The summed E-state index contributed by atoms with van der Waals surface area (Å²) in [4.78, 5) is 17.6. The number of ether oxygens (including phenoxy) is 1. The van der Waals surface area contributed by atoms with Crippen molar-refractivity contribution in [1.29, 1.82) is 0 Å². The molecule has 1 aliphatic heterocycles. The monoisotopic (exact) mass is 468 g/mol. The van der Waals surface area contributed by atoms with Crippen molar-refractivity contribution in [2.24, 2.45) is 0 Å². The van der Waals surface area contributed by atoms with Crippen LogP contribution in [0.3, 0.4) is 0 Å². The molecule has 1 saturated heterocycles. The summed E-state index contributed by atoms with van der Waals surface area (Å²) in [5, 5.41) is 0. The molecule has 1 aliphatic rings. The molecule has 0 aromatic heterocycles. The molecule has 3 rings (SSSR count). The van der Waals surface area contributed by atoms with Gasteiger partial charge in [0.05, 0.1) is 0 Å². The Morgan fingerprint density at radius 2 is 1.56 bits per heavy atom. The third-order valence-electron chi connectivity index (χ3n) is 7.44. The molecular weight excluding hydrogens is 427 g/mol. The van der Waals surface area contributed by atoms with Crippen molar-refractivity contribution in [3.63, 3.8) is 0 Å². The van der Waals surface area contributed by atoms with Gasteiger partial charge in [-0.3, -0.25) is 9.69 Å². The molecule has 4 nitrogen and oxygen atoms in total. The molecule has 4 atom stereocenters. The first-order valence-electron chi connectivity index (χ1n) is 12.8. The molecule has 2 aromatic rings.